The fourth-order valence-electron chi connectivity index (χ4n) is 2.04. The van der Waals surface area contributed by atoms with Gasteiger partial charge in [0.2, 0.25) is 0 Å². The van der Waals surface area contributed by atoms with Crippen molar-refractivity contribution in [3.8, 4) is 0 Å². The first-order valence-electron chi connectivity index (χ1n) is 5.80. The molecule has 2 rings (SSSR count). The van der Waals surface area contributed by atoms with Crippen LogP contribution in [0.3, 0.4) is 0 Å². The second kappa shape index (κ2) is 5.21. The van der Waals surface area contributed by atoms with Crippen molar-refractivity contribution in [2.75, 3.05) is 13.2 Å². The molecule has 1 aromatic rings. The number of aryl methyl sites for hydroxylation is 1. The summed E-state index contributed by atoms with van der Waals surface area (Å²) in [5, 5.41) is 13.9. The van der Waals surface area contributed by atoms with Crippen LogP contribution in [0.2, 0.25) is 0 Å². The molecule has 0 radical (unpaired) electrons. The van der Waals surface area contributed by atoms with E-state index in [1.54, 1.807) is 11.3 Å². The molecule has 0 amide bonds. The Morgan fingerprint density at radius 3 is 2.81 bits per heavy atom. The summed E-state index contributed by atoms with van der Waals surface area (Å²) < 4.78 is 5.40. The second-order valence-electron chi connectivity index (χ2n) is 4.46. The summed E-state index contributed by atoms with van der Waals surface area (Å²) in [5.41, 5.74) is 0. The standard InChI is InChI=1S/C11H19N3OS/c1-7(10-4-5-15-6-10)12-8(2)11-14-13-9(3)16-11/h7-8,10,12H,4-6H2,1-3H3. The van der Waals surface area contributed by atoms with Crippen molar-refractivity contribution >= 4 is 11.3 Å². The molecule has 1 aliphatic rings. The van der Waals surface area contributed by atoms with Crippen LogP contribution < -0.4 is 5.32 Å². The topological polar surface area (TPSA) is 47.0 Å². The molecule has 3 unspecified atom stereocenters. The average Bonchev–Trinajstić information content (AvgIpc) is 2.87. The van der Waals surface area contributed by atoms with Crippen molar-refractivity contribution in [2.45, 2.75) is 39.3 Å². The number of hydrogen-bond acceptors (Lipinski definition) is 5. The number of rotatable bonds is 4. The number of ether oxygens (including phenoxy) is 1. The van der Waals surface area contributed by atoms with E-state index >= 15 is 0 Å². The Hall–Kier alpha value is -0.520. The van der Waals surface area contributed by atoms with Crippen molar-refractivity contribution < 1.29 is 4.74 Å². The summed E-state index contributed by atoms with van der Waals surface area (Å²) in [6, 6.07) is 0.753. The molecule has 5 heteroatoms. The number of aromatic nitrogens is 2. The summed E-state index contributed by atoms with van der Waals surface area (Å²) in [7, 11) is 0. The minimum Gasteiger partial charge on any atom is -0.381 e. The lowest BCUT2D eigenvalue weighted by atomic mass is 10.0. The molecule has 0 aliphatic carbocycles. The molecule has 0 spiro atoms. The molecule has 0 aromatic carbocycles. The molecule has 1 aromatic heterocycles. The molecule has 0 saturated carbocycles. The lowest BCUT2D eigenvalue weighted by Gasteiger charge is -2.22. The van der Waals surface area contributed by atoms with E-state index in [-0.39, 0.29) is 6.04 Å². The van der Waals surface area contributed by atoms with E-state index in [4.69, 9.17) is 4.74 Å². The molecule has 1 aliphatic heterocycles. The van der Waals surface area contributed by atoms with E-state index < -0.39 is 0 Å². The van der Waals surface area contributed by atoms with Crippen LogP contribution in [0.1, 0.15) is 36.3 Å². The minimum absolute atomic E-state index is 0.279. The SMILES string of the molecule is Cc1nnc(C(C)NC(C)C2CCOC2)s1. The van der Waals surface area contributed by atoms with Crippen LogP contribution in [0.15, 0.2) is 0 Å². The zero-order chi connectivity index (χ0) is 11.5. The van der Waals surface area contributed by atoms with Gasteiger partial charge in [-0.15, -0.1) is 21.5 Å². The van der Waals surface area contributed by atoms with Gasteiger partial charge in [-0.2, -0.15) is 0 Å². The van der Waals surface area contributed by atoms with Gasteiger partial charge >= 0.3 is 0 Å². The first-order valence-corrected chi connectivity index (χ1v) is 6.62. The number of nitrogens with zero attached hydrogens (tertiary/aromatic N) is 2. The second-order valence-corrected chi connectivity index (χ2v) is 5.67. The smallest absolute Gasteiger partial charge is 0.134 e. The zero-order valence-electron chi connectivity index (χ0n) is 10.1. The fraction of sp³-hybridized carbons (Fsp3) is 0.818. The van der Waals surface area contributed by atoms with Crippen LogP contribution in [0.4, 0.5) is 0 Å². The molecule has 1 saturated heterocycles. The summed E-state index contributed by atoms with van der Waals surface area (Å²) >= 11 is 1.66. The molecule has 16 heavy (non-hydrogen) atoms. The Morgan fingerprint density at radius 2 is 2.25 bits per heavy atom. The van der Waals surface area contributed by atoms with E-state index in [2.05, 4.69) is 29.4 Å². The van der Waals surface area contributed by atoms with Crippen LogP contribution in [-0.4, -0.2) is 29.5 Å². The van der Waals surface area contributed by atoms with E-state index in [1.807, 2.05) is 6.92 Å². The third-order valence-corrected chi connectivity index (χ3v) is 4.12. The van der Waals surface area contributed by atoms with Gasteiger partial charge in [-0.25, -0.2) is 0 Å². The maximum absolute atomic E-state index is 5.40. The molecule has 4 nitrogen and oxygen atoms in total. The highest BCUT2D eigenvalue weighted by atomic mass is 32.1. The maximum Gasteiger partial charge on any atom is 0.134 e. The molecule has 1 N–H and O–H groups in total. The molecule has 2 heterocycles. The third-order valence-electron chi connectivity index (χ3n) is 3.10. The van der Waals surface area contributed by atoms with Crippen LogP contribution in [0, 0.1) is 12.8 Å². The Kier molecular flexibility index (Phi) is 3.89. The average molecular weight is 241 g/mol. The summed E-state index contributed by atoms with van der Waals surface area (Å²) in [5.74, 6) is 0.636. The highest BCUT2D eigenvalue weighted by Gasteiger charge is 2.24. The van der Waals surface area contributed by atoms with Gasteiger partial charge < -0.3 is 10.1 Å². The number of nitrogens with one attached hydrogen (secondary N) is 1. The van der Waals surface area contributed by atoms with E-state index in [0.717, 1.165) is 29.6 Å². The largest absolute Gasteiger partial charge is 0.381 e. The predicted molar refractivity (Wildman–Crippen MR) is 64.6 cm³/mol. The highest BCUT2D eigenvalue weighted by Crippen LogP contribution is 2.21. The lowest BCUT2D eigenvalue weighted by Crippen LogP contribution is -2.35. The van der Waals surface area contributed by atoms with Gasteiger partial charge in [0.05, 0.1) is 12.6 Å². The van der Waals surface area contributed by atoms with Crippen molar-refractivity contribution in [1.29, 1.82) is 0 Å². The van der Waals surface area contributed by atoms with Gasteiger partial charge in [-0.3, -0.25) is 0 Å². The van der Waals surface area contributed by atoms with Crippen molar-refractivity contribution in [3.05, 3.63) is 10.0 Å². The third kappa shape index (κ3) is 2.78. The Morgan fingerprint density at radius 1 is 1.44 bits per heavy atom. The van der Waals surface area contributed by atoms with E-state index in [9.17, 15) is 0 Å². The summed E-state index contributed by atoms with van der Waals surface area (Å²) in [4.78, 5) is 0. The number of hydrogen-bond donors (Lipinski definition) is 1. The maximum atomic E-state index is 5.40. The Labute approximate surface area is 100 Å². The molecule has 90 valence electrons. The monoisotopic (exact) mass is 241 g/mol. The van der Waals surface area contributed by atoms with Gasteiger partial charge in [0.1, 0.15) is 10.0 Å². The molecular formula is C11H19N3OS. The molecule has 1 fully saturated rings. The quantitative estimate of drug-likeness (QED) is 0.875. The van der Waals surface area contributed by atoms with Crippen molar-refractivity contribution in [1.82, 2.24) is 15.5 Å². The molecular weight excluding hydrogens is 222 g/mol. The predicted octanol–water partition coefficient (Wildman–Crippen LogP) is 1.92. The van der Waals surface area contributed by atoms with Crippen LogP contribution in [0.25, 0.3) is 0 Å². The van der Waals surface area contributed by atoms with E-state index in [1.165, 1.54) is 0 Å². The lowest BCUT2D eigenvalue weighted by molar-refractivity contribution is 0.177. The normalized spacial score (nSPS) is 24.6. The first-order chi connectivity index (χ1) is 7.66. The van der Waals surface area contributed by atoms with Gasteiger partial charge in [-0.05, 0) is 33.1 Å². The van der Waals surface area contributed by atoms with Crippen molar-refractivity contribution in [3.63, 3.8) is 0 Å². The Bertz CT molecular complexity index is 336. The fourth-order valence-corrected chi connectivity index (χ4v) is 2.75. The van der Waals surface area contributed by atoms with E-state index in [0.29, 0.717) is 12.0 Å². The highest BCUT2D eigenvalue weighted by molar-refractivity contribution is 7.11. The Balaban J connectivity index is 1.88. The van der Waals surface area contributed by atoms with Crippen LogP contribution in [0.5, 0.6) is 0 Å². The minimum atomic E-state index is 0.279. The van der Waals surface area contributed by atoms with Crippen molar-refractivity contribution in [2.24, 2.45) is 5.92 Å². The summed E-state index contributed by atoms with van der Waals surface area (Å²) in [6.07, 6.45) is 1.16. The zero-order valence-corrected chi connectivity index (χ0v) is 10.9. The van der Waals surface area contributed by atoms with Gasteiger partial charge in [0.25, 0.3) is 0 Å². The van der Waals surface area contributed by atoms with Gasteiger partial charge in [-0.1, -0.05) is 0 Å². The van der Waals surface area contributed by atoms with Gasteiger partial charge in [0.15, 0.2) is 0 Å². The molecule has 3 atom stereocenters. The van der Waals surface area contributed by atoms with Crippen LogP contribution in [-0.2, 0) is 4.74 Å². The summed E-state index contributed by atoms with van der Waals surface area (Å²) in [6.45, 7) is 8.15. The van der Waals surface area contributed by atoms with Gasteiger partial charge in [0, 0.05) is 12.6 Å². The first kappa shape index (κ1) is 12.0. The van der Waals surface area contributed by atoms with Crippen LogP contribution >= 0.6 is 11.3 Å². The molecule has 0 bridgehead atoms.